The number of amides is 1. The average molecular weight is 235 g/mol. The summed E-state index contributed by atoms with van der Waals surface area (Å²) in [6, 6.07) is 3.87. The first kappa shape index (κ1) is 12.0. The van der Waals surface area contributed by atoms with Gasteiger partial charge in [-0.1, -0.05) is 0 Å². The number of hydrogen-bond donors (Lipinski definition) is 1. The van der Waals surface area contributed by atoms with Crippen molar-refractivity contribution in [3.63, 3.8) is 0 Å². The molecule has 0 bridgehead atoms. The largest absolute Gasteiger partial charge is 0.378 e. The summed E-state index contributed by atoms with van der Waals surface area (Å²) in [4.78, 5) is 17.6. The maximum Gasteiger partial charge on any atom is 0.236 e. The van der Waals surface area contributed by atoms with Gasteiger partial charge in [0.25, 0.3) is 0 Å². The minimum atomic E-state index is 0.141. The van der Waals surface area contributed by atoms with Crippen LogP contribution in [-0.2, 0) is 16.1 Å². The summed E-state index contributed by atoms with van der Waals surface area (Å²) in [6.07, 6.45) is 3.50. The number of carbonyl (C=O) groups excluding carboxylic acids is 1. The number of pyridine rings is 1. The summed E-state index contributed by atoms with van der Waals surface area (Å²) in [5.41, 5.74) is 1.13. The third-order valence-corrected chi connectivity index (χ3v) is 2.72. The molecule has 0 saturated carbocycles. The molecule has 5 heteroatoms. The number of hydrogen-bond acceptors (Lipinski definition) is 4. The minimum Gasteiger partial charge on any atom is -0.378 e. The second kappa shape index (κ2) is 6.32. The van der Waals surface area contributed by atoms with Crippen molar-refractivity contribution in [3.8, 4) is 0 Å². The Labute approximate surface area is 101 Å². The van der Waals surface area contributed by atoms with Gasteiger partial charge in [-0.05, 0) is 17.7 Å². The van der Waals surface area contributed by atoms with Gasteiger partial charge in [0.2, 0.25) is 5.91 Å². The predicted molar refractivity (Wildman–Crippen MR) is 63.3 cm³/mol. The van der Waals surface area contributed by atoms with Gasteiger partial charge in [0.15, 0.2) is 0 Å². The number of morpholine rings is 1. The lowest BCUT2D eigenvalue weighted by Gasteiger charge is -2.26. The number of rotatable bonds is 4. The van der Waals surface area contributed by atoms with Gasteiger partial charge in [0.05, 0.1) is 19.8 Å². The normalized spacial score (nSPS) is 15.9. The van der Waals surface area contributed by atoms with Gasteiger partial charge in [0.1, 0.15) is 0 Å². The van der Waals surface area contributed by atoms with E-state index in [1.54, 1.807) is 12.4 Å². The summed E-state index contributed by atoms with van der Waals surface area (Å²) in [5.74, 6) is 0.141. The molecule has 1 aromatic rings. The van der Waals surface area contributed by atoms with E-state index in [4.69, 9.17) is 4.74 Å². The smallest absolute Gasteiger partial charge is 0.236 e. The molecule has 0 aliphatic carbocycles. The van der Waals surface area contributed by atoms with Crippen molar-refractivity contribution in [1.82, 2.24) is 15.2 Å². The highest BCUT2D eigenvalue weighted by atomic mass is 16.5. The van der Waals surface area contributed by atoms with E-state index in [0.29, 0.717) is 39.4 Å². The molecule has 2 heterocycles. The van der Waals surface area contributed by atoms with Crippen LogP contribution >= 0.6 is 0 Å². The zero-order chi connectivity index (χ0) is 11.9. The Balaban J connectivity index is 1.69. The van der Waals surface area contributed by atoms with E-state index in [0.717, 1.165) is 5.56 Å². The van der Waals surface area contributed by atoms with E-state index in [1.807, 2.05) is 17.0 Å². The number of nitrogens with one attached hydrogen (secondary N) is 1. The molecule has 1 saturated heterocycles. The Bertz CT molecular complexity index is 350. The van der Waals surface area contributed by atoms with Crippen LogP contribution in [0.1, 0.15) is 5.56 Å². The average Bonchev–Trinajstić information content (AvgIpc) is 2.41. The SMILES string of the molecule is O=C(CNCc1ccncc1)N1CCOCC1. The second-order valence-electron chi connectivity index (χ2n) is 3.95. The standard InChI is InChI=1S/C12H17N3O2/c16-12(15-5-7-17-8-6-15)10-14-9-11-1-3-13-4-2-11/h1-4,14H,5-10H2. The van der Waals surface area contributed by atoms with Crippen molar-refractivity contribution in [2.75, 3.05) is 32.8 Å². The molecule has 2 rings (SSSR count). The van der Waals surface area contributed by atoms with E-state index in [9.17, 15) is 4.79 Å². The van der Waals surface area contributed by atoms with Gasteiger partial charge < -0.3 is 15.0 Å². The fourth-order valence-electron chi connectivity index (χ4n) is 1.74. The summed E-state index contributed by atoms with van der Waals surface area (Å²) < 4.78 is 5.20. The van der Waals surface area contributed by atoms with Crippen LogP contribution in [0, 0.1) is 0 Å². The fourth-order valence-corrected chi connectivity index (χ4v) is 1.74. The quantitative estimate of drug-likeness (QED) is 0.800. The molecule has 0 spiro atoms. The maximum atomic E-state index is 11.8. The molecule has 0 aromatic carbocycles. The summed E-state index contributed by atoms with van der Waals surface area (Å²) in [5, 5.41) is 3.14. The summed E-state index contributed by atoms with van der Waals surface area (Å²) in [7, 11) is 0. The highest BCUT2D eigenvalue weighted by Crippen LogP contribution is 1.98. The molecule has 1 amide bonds. The lowest BCUT2D eigenvalue weighted by atomic mass is 10.3. The molecule has 1 aliphatic heterocycles. The van der Waals surface area contributed by atoms with Crippen molar-refractivity contribution in [2.24, 2.45) is 0 Å². The van der Waals surface area contributed by atoms with E-state index in [-0.39, 0.29) is 5.91 Å². The van der Waals surface area contributed by atoms with Crippen LogP contribution in [0.25, 0.3) is 0 Å². The molecule has 1 N–H and O–H groups in total. The third-order valence-electron chi connectivity index (χ3n) is 2.72. The van der Waals surface area contributed by atoms with Gasteiger partial charge in [-0.3, -0.25) is 9.78 Å². The first-order valence-corrected chi connectivity index (χ1v) is 5.81. The molecule has 17 heavy (non-hydrogen) atoms. The molecule has 5 nitrogen and oxygen atoms in total. The molecule has 0 atom stereocenters. The van der Waals surface area contributed by atoms with Crippen LogP contribution in [0.3, 0.4) is 0 Å². The van der Waals surface area contributed by atoms with E-state index in [1.165, 1.54) is 0 Å². The Hall–Kier alpha value is -1.46. The molecule has 1 fully saturated rings. The number of nitrogens with zero attached hydrogens (tertiary/aromatic N) is 2. The van der Waals surface area contributed by atoms with Crippen molar-refractivity contribution in [2.45, 2.75) is 6.54 Å². The molecule has 0 radical (unpaired) electrons. The van der Waals surface area contributed by atoms with Crippen LogP contribution in [0.5, 0.6) is 0 Å². The van der Waals surface area contributed by atoms with Crippen LogP contribution in [-0.4, -0.2) is 48.6 Å². The molecule has 0 unspecified atom stereocenters. The van der Waals surface area contributed by atoms with Crippen LogP contribution < -0.4 is 5.32 Å². The second-order valence-corrected chi connectivity index (χ2v) is 3.95. The zero-order valence-corrected chi connectivity index (χ0v) is 9.76. The van der Waals surface area contributed by atoms with E-state index in [2.05, 4.69) is 10.3 Å². The molecule has 92 valence electrons. The van der Waals surface area contributed by atoms with Crippen molar-refractivity contribution in [3.05, 3.63) is 30.1 Å². The van der Waals surface area contributed by atoms with Crippen molar-refractivity contribution >= 4 is 5.91 Å². The Morgan fingerprint density at radius 1 is 1.35 bits per heavy atom. The Kier molecular flexibility index (Phi) is 4.46. The van der Waals surface area contributed by atoms with E-state index < -0.39 is 0 Å². The first-order valence-electron chi connectivity index (χ1n) is 5.81. The lowest BCUT2D eigenvalue weighted by molar-refractivity contribution is -0.134. The molecule has 1 aliphatic rings. The third kappa shape index (κ3) is 3.80. The van der Waals surface area contributed by atoms with Crippen LogP contribution in [0.4, 0.5) is 0 Å². The van der Waals surface area contributed by atoms with Crippen LogP contribution in [0.15, 0.2) is 24.5 Å². The van der Waals surface area contributed by atoms with Gasteiger partial charge in [-0.2, -0.15) is 0 Å². The van der Waals surface area contributed by atoms with Crippen molar-refractivity contribution < 1.29 is 9.53 Å². The maximum absolute atomic E-state index is 11.8. The molecular weight excluding hydrogens is 218 g/mol. The van der Waals surface area contributed by atoms with Gasteiger partial charge in [-0.15, -0.1) is 0 Å². The fraction of sp³-hybridized carbons (Fsp3) is 0.500. The first-order chi connectivity index (χ1) is 8.36. The van der Waals surface area contributed by atoms with Crippen molar-refractivity contribution in [1.29, 1.82) is 0 Å². The minimum absolute atomic E-state index is 0.141. The van der Waals surface area contributed by atoms with Gasteiger partial charge in [-0.25, -0.2) is 0 Å². The molecular formula is C12H17N3O2. The molecule has 1 aromatic heterocycles. The van der Waals surface area contributed by atoms with E-state index >= 15 is 0 Å². The van der Waals surface area contributed by atoms with Gasteiger partial charge >= 0.3 is 0 Å². The number of ether oxygens (including phenoxy) is 1. The van der Waals surface area contributed by atoms with Crippen LogP contribution in [0.2, 0.25) is 0 Å². The highest BCUT2D eigenvalue weighted by Gasteiger charge is 2.15. The monoisotopic (exact) mass is 235 g/mol. The Morgan fingerprint density at radius 3 is 2.76 bits per heavy atom. The lowest BCUT2D eigenvalue weighted by Crippen LogP contribution is -2.44. The Morgan fingerprint density at radius 2 is 2.06 bits per heavy atom. The summed E-state index contributed by atoms with van der Waals surface area (Å²) >= 11 is 0. The highest BCUT2D eigenvalue weighted by molar-refractivity contribution is 5.78. The zero-order valence-electron chi connectivity index (χ0n) is 9.76. The van der Waals surface area contributed by atoms with Gasteiger partial charge in [0, 0.05) is 32.0 Å². The number of carbonyl (C=O) groups is 1. The number of aromatic nitrogens is 1. The summed E-state index contributed by atoms with van der Waals surface area (Å²) in [6.45, 7) is 3.78. The topological polar surface area (TPSA) is 54.5 Å². The predicted octanol–water partition coefficient (Wildman–Crippen LogP) is 0.0300.